The lowest BCUT2D eigenvalue weighted by Gasteiger charge is -2.47. The smallest absolute Gasteiger partial charge is 0.336 e. The van der Waals surface area contributed by atoms with Crippen molar-refractivity contribution in [3.8, 4) is 5.75 Å². The second-order valence-corrected chi connectivity index (χ2v) is 9.91. The van der Waals surface area contributed by atoms with Crippen LogP contribution in [0.25, 0.3) is 11.0 Å². The zero-order chi connectivity index (χ0) is 29.1. The largest absolute Gasteiger partial charge is 0.462 e. The quantitative estimate of drug-likeness (QED) is 0.200. The molecule has 9 atom stereocenters. The molecule has 14 heteroatoms. The number of benzene rings is 1. The third-order valence-electron chi connectivity index (χ3n) is 6.80. The number of aliphatic hydroxyl groups excluding tert-OH is 4. The Bertz CT molecular complexity index is 1270. The first-order valence-corrected chi connectivity index (χ1v) is 12.8. The maximum atomic E-state index is 12.0. The fourth-order valence-corrected chi connectivity index (χ4v) is 4.95. The van der Waals surface area contributed by atoms with Crippen LogP contribution in [0.1, 0.15) is 25.8 Å². The van der Waals surface area contributed by atoms with Gasteiger partial charge in [0.25, 0.3) is 0 Å². The molecule has 6 N–H and O–H groups in total. The van der Waals surface area contributed by atoms with Gasteiger partial charge in [-0.15, -0.1) is 0 Å². The molecule has 0 aliphatic carbocycles. The molecule has 4 rings (SSSR count). The minimum absolute atomic E-state index is 0.0181. The molecule has 0 spiro atoms. The molecule has 40 heavy (non-hydrogen) atoms. The van der Waals surface area contributed by atoms with Crippen molar-refractivity contribution in [1.82, 2.24) is 10.6 Å². The molecule has 3 heterocycles. The molecule has 2 fully saturated rings. The summed E-state index contributed by atoms with van der Waals surface area (Å²) in [6, 6.07) is 3.82. The highest BCUT2D eigenvalue weighted by molar-refractivity contribution is 5.81. The minimum Gasteiger partial charge on any atom is -0.462 e. The van der Waals surface area contributed by atoms with Crippen molar-refractivity contribution in [3.63, 3.8) is 0 Å². The molecule has 0 bridgehead atoms. The van der Waals surface area contributed by atoms with Gasteiger partial charge in [0, 0.05) is 37.8 Å². The minimum atomic E-state index is -1.53. The van der Waals surface area contributed by atoms with Crippen LogP contribution in [-0.2, 0) is 23.8 Å². The van der Waals surface area contributed by atoms with E-state index < -0.39 is 85.8 Å². The second kappa shape index (κ2) is 12.6. The van der Waals surface area contributed by atoms with Crippen molar-refractivity contribution in [2.24, 2.45) is 0 Å². The maximum Gasteiger partial charge on any atom is 0.336 e. The lowest BCUT2D eigenvalue weighted by Crippen LogP contribution is -2.68. The summed E-state index contributed by atoms with van der Waals surface area (Å²) >= 11 is 0. The van der Waals surface area contributed by atoms with E-state index >= 15 is 0 Å². The number of aliphatic hydroxyl groups is 4. The first-order chi connectivity index (χ1) is 19.0. The van der Waals surface area contributed by atoms with Crippen molar-refractivity contribution in [1.29, 1.82) is 0 Å². The van der Waals surface area contributed by atoms with Gasteiger partial charge in [0.2, 0.25) is 18.1 Å². The summed E-state index contributed by atoms with van der Waals surface area (Å²) in [6.07, 6.45) is -8.68. The van der Waals surface area contributed by atoms with E-state index in [1.807, 2.05) is 0 Å². The summed E-state index contributed by atoms with van der Waals surface area (Å²) in [4.78, 5) is 35.6. The molecule has 0 unspecified atom stereocenters. The van der Waals surface area contributed by atoms with Gasteiger partial charge in [-0.2, -0.15) is 0 Å². The average Bonchev–Trinajstić information content (AvgIpc) is 2.88. The van der Waals surface area contributed by atoms with Gasteiger partial charge in [0.15, 0.2) is 6.29 Å². The van der Waals surface area contributed by atoms with Gasteiger partial charge in [-0.3, -0.25) is 9.59 Å². The Morgan fingerprint density at radius 3 is 2.35 bits per heavy atom. The van der Waals surface area contributed by atoms with E-state index in [2.05, 4.69) is 10.6 Å². The van der Waals surface area contributed by atoms with Crippen molar-refractivity contribution in [2.75, 3.05) is 13.2 Å². The Kier molecular flexibility index (Phi) is 9.41. The number of amides is 2. The number of ether oxygens (including phenoxy) is 4. The molecule has 2 aliphatic rings. The lowest BCUT2D eigenvalue weighted by molar-refractivity contribution is -0.313. The van der Waals surface area contributed by atoms with E-state index in [0.29, 0.717) is 10.9 Å². The Morgan fingerprint density at radius 2 is 1.70 bits per heavy atom. The van der Waals surface area contributed by atoms with E-state index in [1.165, 1.54) is 26.0 Å². The predicted octanol–water partition coefficient (Wildman–Crippen LogP) is -1.58. The highest BCUT2D eigenvalue weighted by atomic mass is 16.7. The third-order valence-corrected chi connectivity index (χ3v) is 6.80. The fourth-order valence-electron chi connectivity index (χ4n) is 4.95. The van der Waals surface area contributed by atoms with E-state index in [1.54, 1.807) is 19.1 Å². The van der Waals surface area contributed by atoms with E-state index in [4.69, 9.17) is 23.4 Å². The fraction of sp³-hybridized carbons (Fsp3) is 0.577. The average molecular weight is 567 g/mol. The molecule has 0 saturated carbocycles. The summed E-state index contributed by atoms with van der Waals surface area (Å²) in [5.41, 5.74) is 0.416. The number of rotatable bonds is 8. The standard InChI is InChI=1S/C26H34N2O12/c1-11-6-20(34)38-18-8-14(4-5-16(11)18)36-26-22(28-13(3)32)23(35)24(19(10-30)39-26)40-25-21(27-12(2)31)17(33)7-15(9-29)37-25/h4-6,8,15,17,19,21-26,29-30,33,35H,7,9-10H2,1-3H3,(H,27,31)(H,28,32)/t15-,17-,19+,21+,22+,23+,24+,25-,26+/m0/s1. The zero-order valence-electron chi connectivity index (χ0n) is 22.2. The molecule has 220 valence electrons. The summed E-state index contributed by atoms with van der Waals surface area (Å²) in [5.74, 6) is -0.808. The van der Waals surface area contributed by atoms with Crippen LogP contribution in [0.3, 0.4) is 0 Å². The van der Waals surface area contributed by atoms with Crippen LogP contribution in [0.5, 0.6) is 5.75 Å². The van der Waals surface area contributed by atoms with Crippen LogP contribution in [0.15, 0.2) is 33.5 Å². The summed E-state index contributed by atoms with van der Waals surface area (Å²) in [6.45, 7) is 3.14. The molecule has 2 aliphatic heterocycles. The summed E-state index contributed by atoms with van der Waals surface area (Å²) in [7, 11) is 0. The Balaban J connectivity index is 1.60. The summed E-state index contributed by atoms with van der Waals surface area (Å²) < 4.78 is 28.8. The zero-order valence-corrected chi connectivity index (χ0v) is 22.2. The Labute approximate surface area is 228 Å². The normalized spacial score (nSPS) is 32.4. The SMILES string of the molecule is CC(=O)N[C@H]1[C@H](Oc2ccc3c(C)cc(=O)oc3c2)O[C@H](CO)[C@@H](O[C@@H]2O[C@H](CO)C[C@H](O)[C@H]2NC(C)=O)[C@@H]1O. The number of carbonyl (C=O) groups excluding carboxylic acids is 2. The first-order valence-electron chi connectivity index (χ1n) is 12.8. The summed E-state index contributed by atoms with van der Waals surface area (Å²) in [5, 5.41) is 47.4. The van der Waals surface area contributed by atoms with Crippen molar-refractivity contribution in [3.05, 3.63) is 40.2 Å². The van der Waals surface area contributed by atoms with Crippen molar-refractivity contribution < 1.29 is 53.4 Å². The van der Waals surface area contributed by atoms with E-state index in [0.717, 1.165) is 0 Å². The van der Waals surface area contributed by atoms with Crippen LogP contribution in [0.2, 0.25) is 0 Å². The maximum absolute atomic E-state index is 12.0. The monoisotopic (exact) mass is 566 g/mol. The van der Waals surface area contributed by atoms with Gasteiger partial charge in [0.1, 0.15) is 41.7 Å². The van der Waals surface area contributed by atoms with Gasteiger partial charge in [-0.25, -0.2) is 4.79 Å². The number of nitrogens with one attached hydrogen (secondary N) is 2. The van der Waals surface area contributed by atoms with Crippen molar-refractivity contribution >= 4 is 22.8 Å². The number of aryl methyl sites for hydroxylation is 1. The Morgan fingerprint density at radius 1 is 1.00 bits per heavy atom. The van der Waals surface area contributed by atoms with Gasteiger partial charge < -0.3 is 54.4 Å². The second-order valence-electron chi connectivity index (χ2n) is 9.91. The molecule has 2 aromatic rings. The predicted molar refractivity (Wildman–Crippen MR) is 136 cm³/mol. The van der Waals surface area contributed by atoms with Gasteiger partial charge >= 0.3 is 5.63 Å². The number of fused-ring (bicyclic) bond motifs is 1. The molecule has 2 amide bonds. The molecular weight excluding hydrogens is 532 g/mol. The van der Waals surface area contributed by atoms with Crippen LogP contribution in [0.4, 0.5) is 0 Å². The van der Waals surface area contributed by atoms with E-state index in [-0.39, 0.29) is 17.8 Å². The molecule has 0 radical (unpaired) electrons. The van der Waals surface area contributed by atoms with Crippen LogP contribution in [-0.4, -0.2) is 101 Å². The highest BCUT2D eigenvalue weighted by Gasteiger charge is 2.50. The molecule has 14 nitrogen and oxygen atoms in total. The van der Waals surface area contributed by atoms with E-state index in [9.17, 15) is 34.8 Å². The van der Waals surface area contributed by atoms with Crippen LogP contribution in [0, 0.1) is 6.92 Å². The molecule has 1 aromatic heterocycles. The van der Waals surface area contributed by atoms with Crippen LogP contribution < -0.4 is 21.0 Å². The first kappa shape index (κ1) is 29.9. The van der Waals surface area contributed by atoms with Gasteiger partial charge in [-0.05, 0) is 24.6 Å². The molecule has 1 aromatic carbocycles. The van der Waals surface area contributed by atoms with Crippen LogP contribution >= 0.6 is 0 Å². The highest BCUT2D eigenvalue weighted by Crippen LogP contribution is 2.31. The number of hydrogen-bond donors (Lipinski definition) is 6. The topological polar surface area (TPSA) is 206 Å². The lowest BCUT2D eigenvalue weighted by atomic mass is 9.95. The Hall–Kier alpha value is -3.11. The molecular formula is C26H34N2O12. The van der Waals surface area contributed by atoms with Gasteiger partial charge in [-0.1, -0.05) is 0 Å². The van der Waals surface area contributed by atoms with Gasteiger partial charge in [0.05, 0.1) is 25.4 Å². The van der Waals surface area contributed by atoms with Crippen molar-refractivity contribution in [2.45, 2.75) is 82.4 Å². The molecule has 2 saturated heterocycles. The number of carbonyl (C=O) groups is 2. The number of hydrogen-bond acceptors (Lipinski definition) is 12. The third kappa shape index (κ3) is 6.61.